The van der Waals surface area contributed by atoms with Gasteiger partial charge in [-0.3, -0.25) is 9.78 Å². The molecular formula is C20H24N2O. The van der Waals surface area contributed by atoms with Crippen LogP contribution in [0.4, 0.5) is 5.69 Å². The number of hydrogen-bond acceptors (Lipinski definition) is 2. The second kappa shape index (κ2) is 6.53. The molecule has 1 aromatic heterocycles. The number of hydrogen-bond donors (Lipinski definition) is 0. The molecule has 3 nitrogen and oxygen atoms in total. The highest BCUT2D eigenvalue weighted by atomic mass is 16.2. The van der Waals surface area contributed by atoms with Gasteiger partial charge in [0.15, 0.2) is 0 Å². The predicted molar refractivity (Wildman–Crippen MR) is 93.5 cm³/mol. The Hall–Kier alpha value is -2.16. The Morgan fingerprint density at radius 1 is 1.17 bits per heavy atom. The van der Waals surface area contributed by atoms with Crippen molar-refractivity contribution in [2.45, 2.75) is 51.5 Å². The fraction of sp³-hybridized carbons (Fsp3) is 0.400. The molecule has 0 bridgehead atoms. The Labute approximate surface area is 138 Å². The third-order valence-electron chi connectivity index (χ3n) is 4.63. The van der Waals surface area contributed by atoms with Crippen molar-refractivity contribution in [3.8, 4) is 0 Å². The van der Waals surface area contributed by atoms with Crippen LogP contribution in [0.3, 0.4) is 0 Å². The summed E-state index contributed by atoms with van der Waals surface area (Å²) in [6, 6.07) is 14.3. The zero-order valence-corrected chi connectivity index (χ0v) is 14.0. The second-order valence-corrected chi connectivity index (χ2v) is 6.85. The van der Waals surface area contributed by atoms with Crippen molar-refractivity contribution in [1.29, 1.82) is 0 Å². The summed E-state index contributed by atoms with van der Waals surface area (Å²) in [6.45, 7) is 4.30. The molecule has 0 saturated heterocycles. The van der Waals surface area contributed by atoms with E-state index in [-0.39, 0.29) is 11.4 Å². The SMILES string of the molecule is CC1(C)CCc2ncccc2N1C(=O)CCCc1ccccc1. The summed E-state index contributed by atoms with van der Waals surface area (Å²) in [7, 11) is 0. The molecule has 0 radical (unpaired) electrons. The van der Waals surface area contributed by atoms with Crippen molar-refractivity contribution in [1.82, 2.24) is 4.98 Å². The van der Waals surface area contributed by atoms with E-state index in [1.165, 1.54) is 5.56 Å². The van der Waals surface area contributed by atoms with Gasteiger partial charge in [-0.2, -0.15) is 0 Å². The fourth-order valence-electron chi connectivity index (χ4n) is 3.36. The smallest absolute Gasteiger partial charge is 0.227 e. The highest BCUT2D eigenvalue weighted by Gasteiger charge is 2.36. The molecule has 0 atom stereocenters. The van der Waals surface area contributed by atoms with E-state index in [1.54, 1.807) is 0 Å². The number of aromatic nitrogens is 1. The quantitative estimate of drug-likeness (QED) is 0.849. The minimum absolute atomic E-state index is 0.139. The van der Waals surface area contributed by atoms with E-state index in [1.807, 2.05) is 41.4 Å². The first-order valence-electron chi connectivity index (χ1n) is 8.39. The topological polar surface area (TPSA) is 33.2 Å². The summed E-state index contributed by atoms with van der Waals surface area (Å²) in [4.78, 5) is 19.3. The van der Waals surface area contributed by atoms with Crippen LogP contribution in [0.5, 0.6) is 0 Å². The summed E-state index contributed by atoms with van der Waals surface area (Å²) in [5, 5.41) is 0. The molecule has 1 aliphatic rings. The molecular weight excluding hydrogens is 284 g/mol. The summed E-state index contributed by atoms with van der Waals surface area (Å²) < 4.78 is 0. The molecule has 120 valence electrons. The molecule has 0 spiro atoms. The molecule has 1 aromatic carbocycles. The number of aryl methyl sites for hydroxylation is 2. The fourth-order valence-corrected chi connectivity index (χ4v) is 3.36. The Kier molecular flexibility index (Phi) is 4.46. The van der Waals surface area contributed by atoms with Crippen LogP contribution in [-0.2, 0) is 17.6 Å². The lowest BCUT2D eigenvalue weighted by Crippen LogP contribution is -2.51. The minimum Gasteiger partial charge on any atom is -0.305 e. The number of benzene rings is 1. The molecule has 0 N–H and O–H groups in total. The van der Waals surface area contributed by atoms with Crippen molar-refractivity contribution in [2.75, 3.05) is 4.90 Å². The van der Waals surface area contributed by atoms with Crippen molar-refractivity contribution < 1.29 is 4.79 Å². The van der Waals surface area contributed by atoms with Crippen LogP contribution >= 0.6 is 0 Å². The Balaban J connectivity index is 1.70. The number of nitrogens with zero attached hydrogens (tertiary/aromatic N) is 2. The van der Waals surface area contributed by atoms with E-state index in [0.717, 1.165) is 37.1 Å². The van der Waals surface area contributed by atoms with Crippen LogP contribution in [0.1, 0.15) is 44.4 Å². The van der Waals surface area contributed by atoms with E-state index in [9.17, 15) is 4.79 Å². The molecule has 1 amide bonds. The van der Waals surface area contributed by atoms with Crippen LogP contribution in [0, 0.1) is 0 Å². The van der Waals surface area contributed by atoms with Crippen molar-refractivity contribution in [2.24, 2.45) is 0 Å². The maximum absolute atomic E-state index is 12.9. The van der Waals surface area contributed by atoms with E-state index >= 15 is 0 Å². The number of pyridine rings is 1. The van der Waals surface area contributed by atoms with E-state index < -0.39 is 0 Å². The van der Waals surface area contributed by atoms with Crippen LogP contribution in [-0.4, -0.2) is 16.4 Å². The second-order valence-electron chi connectivity index (χ2n) is 6.85. The molecule has 0 unspecified atom stereocenters. The summed E-state index contributed by atoms with van der Waals surface area (Å²) in [5.74, 6) is 0.208. The number of carbonyl (C=O) groups excluding carboxylic acids is 1. The molecule has 2 heterocycles. The van der Waals surface area contributed by atoms with Gasteiger partial charge in [-0.15, -0.1) is 0 Å². The molecule has 1 aliphatic heterocycles. The zero-order chi connectivity index (χ0) is 16.3. The van der Waals surface area contributed by atoms with Crippen LogP contribution in [0.2, 0.25) is 0 Å². The summed E-state index contributed by atoms with van der Waals surface area (Å²) >= 11 is 0. The summed E-state index contributed by atoms with van der Waals surface area (Å²) in [5.41, 5.74) is 3.19. The van der Waals surface area contributed by atoms with Gasteiger partial charge in [0, 0.05) is 18.2 Å². The largest absolute Gasteiger partial charge is 0.305 e. The lowest BCUT2D eigenvalue weighted by Gasteiger charge is -2.43. The zero-order valence-electron chi connectivity index (χ0n) is 14.0. The number of rotatable bonds is 4. The summed E-state index contributed by atoms with van der Waals surface area (Å²) in [6.07, 6.45) is 6.12. The van der Waals surface area contributed by atoms with Crippen LogP contribution < -0.4 is 4.90 Å². The van der Waals surface area contributed by atoms with E-state index in [4.69, 9.17) is 0 Å². The first-order chi connectivity index (χ1) is 11.1. The molecule has 3 heteroatoms. The van der Waals surface area contributed by atoms with Gasteiger partial charge < -0.3 is 4.90 Å². The Morgan fingerprint density at radius 2 is 1.96 bits per heavy atom. The first-order valence-corrected chi connectivity index (χ1v) is 8.39. The third kappa shape index (κ3) is 3.44. The Morgan fingerprint density at radius 3 is 2.74 bits per heavy atom. The average Bonchev–Trinajstić information content (AvgIpc) is 2.55. The van der Waals surface area contributed by atoms with Gasteiger partial charge in [0.2, 0.25) is 5.91 Å². The maximum Gasteiger partial charge on any atom is 0.227 e. The van der Waals surface area contributed by atoms with Gasteiger partial charge in [0.25, 0.3) is 0 Å². The Bertz CT molecular complexity index is 679. The first kappa shape index (κ1) is 15.7. The third-order valence-corrected chi connectivity index (χ3v) is 4.63. The molecule has 2 aromatic rings. The van der Waals surface area contributed by atoms with Crippen molar-refractivity contribution >= 4 is 11.6 Å². The lowest BCUT2D eigenvalue weighted by molar-refractivity contribution is -0.119. The number of amides is 1. The number of fused-ring (bicyclic) bond motifs is 1. The molecule has 0 fully saturated rings. The van der Waals surface area contributed by atoms with E-state index in [2.05, 4.69) is 31.0 Å². The van der Waals surface area contributed by atoms with Crippen LogP contribution in [0.15, 0.2) is 48.7 Å². The normalized spacial score (nSPS) is 16.0. The van der Waals surface area contributed by atoms with Crippen LogP contribution in [0.25, 0.3) is 0 Å². The molecule has 0 aliphatic carbocycles. The molecule has 3 rings (SSSR count). The van der Waals surface area contributed by atoms with Gasteiger partial charge in [0.1, 0.15) is 0 Å². The molecule has 23 heavy (non-hydrogen) atoms. The van der Waals surface area contributed by atoms with Crippen molar-refractivity contribution in [3.63, 3.8) is 0 Å². The van der Waals surface area contributed by atoms with Gasteiger partial charge in [-0.1, -0.05) is 30.3 Å². The van der Waals surface area contributed by atoms with E-state index in [0.29, 0.717) is 6.42 Å². The van der Waals surface area contributed by atoms with Gasteiger partial charge in [-0.05, 0) is 57.2 Å². The van der Waals surface area contributed by atoms with Crippen molar-refractivity contribution in [3.05, 3.63) is 59.9 Å². The maximum atomic E-state index is 12.9. The monoisotopic (exact) mass is 308 g/mol. The highest BCUT2D eigenvalue weighted by molar-refractivity contribution is 5.95. The van der Waals surface area contributed by atoms with Gasteiger partial charge >= 0.3 is 0 Å². The number of anilines is 1. The van der Waals surface area contributed by atoms with Gasteiger partial charge in [-0.25, -0.2) is 0 Å². The highest BCUT2D eigenvalue weighted by Crippen LogP contribution is 2.36. The standard InChI is InChI=1S/C20H24N2O/c1-20(2)14-13-17-18(11-7-15-21-17)22(20)19(23)12-6-10-16-8-4-3-5-9-16/h3-5,7-9,11,15H,6,10,12-14H2,1-2H3. The average molecular weight is 308 g/mol. The minimum atomic E-state index is -0.139. The number of carbonyl (C=O) groups is 1. The lowest BCUT2D eigenvalue weighted by atomic mass is 9.88. The van der Waals surface area contributed by atoms with Gasteiger partial charge in [0.05, 0.1) is 11.4 Å². The predicted octanol–water partition coefficient (Wildman–Crippen LogP) is 4.16. The molecule has 0 saturated carbocycles.